The predicted molar refractivity (Wildman–Crippen MR) is 98.7 cm³/mol. The van der Waals surface area contributed by atoms with Crippen LogP contribution in [0.15, 0.2) is 48.5 Å². The normalized spacial score (nSPS) is 18.0. The van der Waals surface area contributed by atoms with Crippen LogP contribution in [0.4, 0.5) is 23.7 Å². The Morgan fingerprint density at radius 3 is 2.46 bits per heavy atom. The molecular weight excluding hydrogens is 397 g/mol. The average Bonchev–Trinajstić information content (AvgIpc) is 3.01. The monoisotopic (exact) mass is 414 g/mol. The first-order chi connectivity index (χ1) is 13.3. The Kier molecular flexibility index (Phi) is 5.60. The number of hydrogen-bond acceptors (Lipinski definition) is 3. The van der Waals surface area contributed by atoms with E-state index in [-0.39, 0.29) is 23.1 Å². The van der Waals surface area contributed by atoms with Crippen molar-refractivity contribution in [3.05, 3.63) is 53.6 Å². The molecule has 1 aliphatic rings. The van der Waals surface area contributed by atoms with Gasteiger partial charge in [0.25, 0.3) is 0 Å². The number of para-hydroxylation sites is 1. The molecule has 28 heavy (non-hydrogen) atoms. The molecule has 9 heteroatoms. The van der Waals surface area contributed by atoms with Gasteiger partial charge in [0.15, 0.2) is 11.5 Å². The number of carbonyl (C=O) groups excluding carboxylic acids is 1. The third kappa shape index (κ3) is 3.96. The van der Waals surface area contributed by atoms with Crippen LogP contribution in [0.5, 0.6) is 11.5 Å². The summed E-state index contributed by atoms with van der Waals surface area (Å²) in [7, 11) is 0. The number of nitrogens with one attached hydrogen (secondary N) is 1. The van der Waals surface area contributed by atoms with Crippen molar-refractivity contribution in [2.75, 3.05) is 11.4 Å². The zero-order valence-electron chi connectivity index (χ0n) is 14.9. The van der Waals surface area contributed by atoms with E-state index in [2.05, 4.69) is 0 Å². The zero-order chi connectivity index (χ0) is 20.4. The number of rotatable bonds is 5. The molecule has 2 amide bonds. The standard InChI is InChI=1S/C19H18ClF3N2O3/c1-2-3-11-25(14-7-5-4-6-8-14)17(26)24-19(18(21,22)23)27-15-10-9-13(20)12-16(15)28-19/h4-10,12H,2-3,11H2,1H3,(H,24,26). The lowest BCUT2D eigenvalue weighted by molar-refractivity contribution is -0.317. The number of fused-ring (bicyclic) bond motifs is 1. The summed E-state index contributed by atoms with van der Waals surface area (Å²) in [6, 6.07) is 11.3. The lowest BCUT2D eigenvalue weighted by atomic mass is 10.2. The molecule has 1 atom stereocenters. The Morgan fingerprint density at radius 1 is 1.14 bits per heavy atom. The van der Waals surface area contributed by atoms with Crippen molar-refractivity contribution in [1.29, 1.82) is 0 Å². The highest BCUT2D eigenvalue weighted by Crippen LogP contribution is 2.46. The molecule has 0 saturated heterocycles. The van der Waals surface area contributed by atoms with Gasteiger partial charge < -0.3 is 9.47 Å². The van der Waals surface area contributed by atoms with Gasteiger partial charge in [-0.1, -0.05) is 43.1 Å². The number of anilines is 1. The number of halogens is 4. The fraction of sp³-hybridized carbons (Fsp3) is 0.316. The minimum absolute atomic E-state index is 0.165. The van der Waals surface area contributed by atoms with E-state index in [0.29, 0.717) is 12.1 Å². The molecular formula is C19H18ClF3N2O3. The molecule has 3 rings (SSSR count). The first kappa shape index (κ1) is 20.1. The molecule has 0 fully saturated rings. The van der Waals surface area contributed by atoms with E-state index in [9.17, 15) is 18.0 Å². The van der Waals surface area contributed by atoms with Crippen molar-refractivity contribution < 1.29 is 27.4 Å². The van der Waals surface area contributed by atoms with Gasteiger partial charge >= 0.3 is 18.1 Å². The van der Waals surface area contributed by atoms with E-state index in [0.717, 1.165) is 6.42 Å². The van der Waals surface area contributed by atoms with Crippen LogP contribution in [0.25, 0.3) is 0 Å². The van der Waals surface area contributed by atoms with E-state index in [1.54, 1.807) is 30.3 Å². The molecule has 0 bridgehead atoms. The van der Waals surface area contributed by atoms with Crippen molar-refractivity contribution in [2.45, 2.75) is 31.9 Å². The lowest BCUT2D eigenvalue weighted by Gasteiger charge is -2.32. The zero-order valence-corrected chi connectivity index (χ0v) is 15.7. The molecule has 0 radical (unpaired) electrons. The Labute approximate surface area is 165 Å². The predicted octanol–water partition coefficient (Wildman–Crippen LogP) is 5.34. The van der Waals surface area contributed by atoms with Crippen LogP contribution < -0.4 is 19.7 Å². The maximum absolute atomic E-state index is 13.8. The number of urea groups is 1. The third-order valence-electron chi connectivity index (χ3n) is 4.11. The summed E-state index contributed by atoms with van der Waals surface area (Å²) >= 11 is 5.81. The van der Waals surface area contributed by atoms with Crippen molar-refractivity contribution >= 4 is 23.3 Å². The molecule has 0 spiro atoms. The molecule has 1 aliphatic heterocycles. The molecule has 1 unspecified atom stereocenters. The molecule has 0 saturated carbocycles. The number of amides is 2. The Balaban J connectivity index is 1.89. The molecule has 5 nitrogen and oxygen atoms in total. The summed E-state index contributed by atoms with van der Waals surface area (Å²) in [6.45, 7) is 2.15. The maximum Gasteiger partial charge on any atom is 0.492 e. The summed E-state index contributed by atoms with van der Waals surface area (Å²) in [6.07, 6.45) is -3.67. The van der Waals surface area contributed by atoms with Crippen LogP contribution in [0, 0.1) is 0 Å². The summed E-state index contributed by atoms with van der Waals surface area (Å²) in [5.74, 6) is -3.71. The van der Waals surface area contributed by atoms with Crippen LogP contribution >= 0.6 is 11.6 Å². The Morgan fingerprint density at radius 2 is 1.82 bits per heavy atom. The number of unbranched alkanes of at least 4 members (excludes halogenated alkanes) is 1. The van der Waals surface area contributed by atoms with E-state index < -0.39 is 18.1 Å². The number of nitrogens with zero attached hydrogens (tertiary/aromatic N) is 1. The van der Waals surface area contributed by atoms with Crippen LogP contribution in [0.2, 0.25) is 5.02 Å². The first-order valence-electron chi connectivity index (χ1n) is 8.65. The van der Waals surface area contributed by atoms with Gasteiger partial charge in [0.1, 0.15) is 0 Å². The van der Waals surface area contributed by atoms with Crippen molar-refractivity contribution in [1.82, 2.24) is 5.32 Å². The van der Waals surface area contributed by atoms with E-state index >= 15 is 0 Å². The number of ether oxygens (including phenoxy) is 2. The lowest BCUT2D eigenvalue weighted by Crippen LogP contribution is -2.66. The van der Waals surface area contributed by atoms with E-state index in [4.69, 9.17) is 21.1 Å². The number of carbonyl (C=O) groups is 1. The summed E-state index contributed by atoms with van der Waals surface area (Å²) in [5.41, 5.74) is 0.462. The summed E-state index contributed by atoms with van der Waals surface area (Å²) in [5, 5.41) is 2.06. The highest BCUT2D eigenvalue weighted by atomic mass is 35.5. The van der Waals surface area contributed by atoms with Gasteiger partial charge in [-0.15, -0.1) is 0 Å². The van der Waals surface area contributed by atoms with Crippen molar-refractivity contribution in [2.24, 2.45) is 0 Å². The largest absolute Gasteiger partial charge is 0.492 e. The van der Waals surface area contributed by atoms with Crippen LogP contribution in [0.3, 0.4) is 0 Å². The quantitative estimate of drug-likeness (QED) is 0.718. The number of hydrogen-bond donors (Lipinski definition) is 1. The minimum Gasteiger partial charge on any atom is -0.424 e. The molecule has 0 aromatic heterocycles. The minimum atomic E-state index is -5.04. The van der Waals surface area contributed by atoms with Gasteiger partial charge in [-0.05, 0) is 30.7 Å². The molecule has 1 heterocycles. The van der Waals surface area contributed by atoms with Crippen molar-refractivity contribution in [3.8, 4) is 11.5 Å². The van der Waals surface area contributed by atoms with E-state index in [1.165, 1.54) is 23.1 Å². The maximum atomic E-state index is 13.8. The molecule has 1 N–H and O–H groups in total. The highest BCUT2D eigenvalue weighted by molar-refractivity contribution is 6.30. The third-order valence-corrected chi connectivity index (χ3v) is 4.34. The second-order valence-electron chi connectivity index (χ2n) is 6.18. The summed E-state index contributed by atoms with van der Waals surface area (Å²) < 4.78 is 51.6. The Hall–Kier alpha value is -2.61. The van der Waals surface area contributed by atoms with Crippen LogP contribution in [0.1, 0.15) is 19.8 Å². The summed E-state index contributed by atoms with van der Waals surface area (Å²) in [4.78, 5) is 14.0. The van der Waals surface area contributed by atoms with Gasteiger partial charge in [0.2, 0.25) is 0 Å². The van der Waals surface area contributed by atoms with Gasteiger partial charge in [0, 0.05) is 23.3 Å². The molecule has 2 aromatic carbocycles. The topological polar surface area (TPSA) is 50.8 Å². The van der Waals surface area contributed by atoms with Gasteiger partial charge in [-0.3, -0.25) is 10.2 Å². The highest BCUT2D eigenvalue weighted by Gasteiger charge is 2.66. The van der Waals surface area contributed by atoms with Gasteiger partial charge in [-0.25, -0.2) is 4.79 Å². The van der Waals surface area contributed by atoms with Gasteiger partial charge in [0.05, 0.1) is 0 Å². The number of benzene rings is 2. The molecule has 150 valence electrons. The smallest absolute Gasteiger partial charge is 0.424 e. The fourth-order valence-corrected chi connectivity index (χ4v) is 2.86. The first-order valence-corrected chi connectivity index (χ1v) is 9.02. The van der Waals surface area contributed by atoms with E-state index in [1.807, 2.05) is 12.2 Å². The van der Waals surface area contributed by atoms with Crippen LogP contribution in [-0.2, 0) is 0 Å². The van der Waals surface area contributed by atoms with Crippen molar-refractivity contribution in [3.63, 3.8) is 0 Å². The fourth-order valence-electron chi connectivity index (χ4n) is 2.69. The van der Waals surface area contributed by atoms with Crippen LogP contribution in [-0.4, -0.2) is 24.7 Å². The molecule has 2 aromatic rings. The van der Waals surface area contributed by atoms with Gasteiger partial charge in [-0.2, -0.15) is 13.2 Å². The second-order valence-corrected chi connectivity index (χ2v) is 6.62. The SMILES string of the molecule is CCCCN(C(=O)NC1(C(F)(F)F)Oc2ccc(Cl)cc2O1)c1ccccc1. The average molecular weight is 415 g/mol. The second kappa shape index (κ2) is 7.79. The number of alkyl halides is 3. The Bertz CT molecular complexity index is 848. The molecule has 0 aliphatic carbocycles.